The molecule has 0 aliphatic rings. The molecule has 0 spiro atoms. The minimum absolute atomic E-state index is 1.08. The Bertz CT molecular complexity index is 156. The van der Waals surface area contributed by atoms with Crippen LogP contribution in [0.4, 0.5) is 0 Å². The zero-order chi connectivity index (χ0) is 10.7. The maximum atomic E-state index is 4.08. The van der Waals surface area contributed by atoms with Crippen LogP contribution in [0, 0.1) is 13.8 Å². The monoisotopic (exact) mass is 181 g/mol. The summed E-state index contributed by atoms with van der Waals surface area (Å²) in [4.78, 5) is 4.08. The lowest BCUT2D eigenvalue weighted by Crippen LogP contribution is -1.78. The number of pyridine rings is 1. The van der Waals surface area contributed by atoms with Crippen molar-refractivity contribution in [2.75, 3.05) is 0 Å². The van der Waals surface area contributed by atoms with E-state index in [1.165, 1.54) is 12.0 Å². The van der Waals surface area contributed by atoms with E-state index in [2.05, 4.69) is 24.9 Å². The Kier molecular flexibility index (Phi) is 12.6. The van der Waals surface area contributed by atoms with E-state index in [0.29, 0.717) is 0 Å². The molecule has 0 bridgehead atoms. The van der Waals surface area contributed by atoms with Crippen LogP contribution in [-0.4, -0.2) is 4.98 Å². The van der Waals surface area contributed by atoms with Gasteiger partial charge in [0.15, 0.2) is 0 Å². The molecule has 1 heterocycles. The van der Waals surface area contributed by atoms with E-state index >= 15 is 0 Å². The van der Waals surface area contributed by atoms with Gasteiger partial charge >= 0.3 is 0 Å². The highest BCUT2D eigenvalue weighted by Crippen LogP contribution is 1.94. The maximum Gasteiger partial charge on any atom is 0.0372 e. The fourth-order valence-corrected chi connectivity index (χ4v) is 0.542. The third kappa shape index (κ3) is 11.1. The van der Waals surface area contributed by atoms with Gasteiger partial charge in [0.1, 0.15) is 0 Å². The van der Waals surface area contributed by atoms with Crippen molar-refractivity contribution in [3.05, 3.63) is 29.6 Å². The summed E-state index contributed by atoms with van der Waals surface area (Å²) >= 11 is 0. The van der Waals surface area contributed by atoms with Gasteiger partial charge in [-0.2, -0.15) is 0 Å². The Morgan fingerprint density at radius 2 is 1.54 bits per heavy atom. The molecule has 0 radical (unpaired) electrons. The molecule has 0 atom stereocenters. The summed E-state index contributed by atoms with van der Waals surface area (Å²) in [5, 5.41) is 0. The zero-order valence-electron chi connectivity index (χ0n) is 9.89. The van der Waals surface area contributed by atoms with E-state index in [9.17, 15) is 0 Å². The van der Waals surface area contributed by atoms with E-state index in [1.54, 1.807) is 0 Å². The number of aromatic nitrogens is 1. The van der Waals surface area contributed by atoms with E-state index in [-0.39, 0.29) is 0 Å². The van der Waals surface area contributed by atoms with Gasteiger partial charge in [-0.3, -0.25) is 4.98 Å². The summed E-state index contributed by atoms with van der Waals surface area (Å²) in [6.45, 7) is 12.3. The highest BCUT2D eigenvalue weighted by Gasteiger charge is 1.81. The zero-order valence-corrected chi connectivity index (χ0v) is 9.89. The van der Waals surface area contributed by atoms with E-state index in [4.69, 9.17) is 0 Å². The average molecular weight is 181 g/mol. The molecule has 0 unspecified atom stereocenters. The van der Waals surface area contributed by atoms with Gasteiger partial charge in [-0.25, -0.2) is 0 Å². The van der Waals surface area contributed by atoms with Gasteiger partial charge in [-0.15, -0.1) is 0 Å². The van der Waals surface area contributed by atoms with Crippen molar-refractivity contribution in [1.29, 1.82) is 0 Å². The molecule has 0 fully saturated rings. The molecule has 13 heavy (non-hydrogen) atoms. The quantitative estimate of drug-likeness (QED) is 0.586. The minimum atomic E-state index is 1.08. The van der Waals surface area contributed by atoms with Gasteiger partial charge < -0.3 is 0 Å². The topological polar surface area (TPSA) is 12.9 Å². The molecule has 76 valence electrons. The van der Waals surface area contributed by atoms with Gasteiger partial charge in [0.25, 0.3) is 0 Å². The Balaban J connectivity index is 0. The van der Waals surface area contributed by atoms with Crippen LogP contribution < -0.4 is 0 Å². The normalized spacial score (nSPS) is 7.54. The molecule has 0 saturated carbocycles. The minimum Gasteiger partial charge on any atom is -0.261 e. The van der Waals surface area contributed by atoms with Crippen LogP contribution in [-0.2, 0) is 0 Å². The molecule has 0 aliphatic heterocycles. The summed E-state index contributed by atoms with van der Waals surface area (Å²) in [5.41, 5.74) is 2.30. The summed E-state index contributed by atoms with van der Waals surface area (Å²) in [7, 11) is 0. The van der Waals surface area contributed by atoms with Crippen LogP contribution in [0.5, 0.6) is 0 Å². The fraction of sp³-hybridized carbons (Fsp3) is 0.583. The predicted molar refractivity (Wildman–Crippen MR) is 61.0 cm³/mol. The van der Waals surface area contributed by atoms with Crippen LogP contribution in [0.2, 0.25) is 0 Å². The lowest BCUT2D eigenvalue weighted by Gasteiger charge is -1.89. The summed E-state index contributed by atoms with van der Waals surface area (Å²) in [5.74, 6) is 0. The second-order valence-corrected chi connectivity index (χ2v) is 2.68. The number of nitrogens with zero attached hydrogens (tertiary/aromatic N) is 1. The summed E-state index contributed by atoms with van der Waals surface area (Å²) in [6.07, 6.45) is 3.12. The lowest BCUT2D eigenvalue weighted by atomic mass is 10.3. The smallest absolute Gasteiger partial charge is 0.0372 e. The van der Waals surface area contributed by atoms with Gasteiger partial charge in [0.05, 0.1) is 0 Å². The highest BCUT2D eigenvalue weighted by molar-refractivity contribution is 5.10. The van der Waals surface area contributed by atoms with Gasteiger partial charge in [-0.1, -0.05) is 40.2 Å². The molecule has 0 amide bonds. The number of rotatable bonds is 0. The van der Waals surface area contributed by atoms with Gasteiger partial charge in [0, 0.05) is 11.9 Å². The average Bonchev–Trinajstić information content (AvgIpc) is 2.15. The molecule has 1 aromatic rings. The van der Waals surface area contributed by atoms with Crippen LogP contribution in [0.3, 0.4) is 0 Å². The van der Waals surface area contributed by atoms with Crippen molar-refractivity contribution < 1.29 is 0 Å². The predicted octanol–water partition coefficient (Wildman–Crippen LogP) is 4.14. The first-order valence-corrected chi connectivity index (χ1v) is 5.10. The number of hydrogen-bond donors (Lipinski definition) is 0. The van der Waals surface area contributed by atoms with Crippen molar-refractivity contribution in [2.45, 2.75) is 48.0 Å². The second-order valence-electron chi connectivity index (χ2n) is 2.68. The molecule has 1 aromatic heterocycles. The van der Waals surface area contributed by atoms with Crippen LogP contribution >= 0.6 is 0 Å². The van der Waals surface area contributed by atoms with Crippen molar-refractivity contribution >= 4 is 0 Å². The molecule has 1 heteroatoms. The van der Waals surface area contributed by atoms with Gasteiger partial charge in [0.2, 0.25) is 0 Å². The third-order valence-corrected chi connectivity index (χ3v) is 1.06. The molecule has 0 aliphatic carbocycles. The van der Waals surface area contributed by atoms with Crippen molar-refractivity contribution in [3.63, 3.8) is 0 Å². The van der Waals surface area contributed by atoms with Crippen LogP contribution in [0.1, 0.15) is 45.4 Å². The van der Waals surface area contributed by atoms with Crippen molar-refractivity contribution in [1.82, 2.24) is 4.98 Å². The first-order chi connectivity index (χ1) is 6.20. The highest BCUT2D eigenvalue weighted by atomic mass is 14.6. The number of hydrogen-bond acceptors (Lipinski definition) is 1. The Morgan fingerprint density at radius 3 is 1.77 bits per heavy atom. The Labute approximate surface area is 83.2 Å². The van der Waals surface area contributed by atoms with E-state index in [0.717, 1.165) is 5.69 Å². The molecule has 1 rings (SSSR count). The first-order valence-electron chi connectivity index (χ1n) is 5.10. The summed E-state index contributed by atoms with van der Waals surface area (Å²) < 4.78 is 0. The van der Waals surface area contributed by atoms with Gasteiger partial charge in [-0.05, 0) is 25.5 Å². The van der Waals surface area contributed by atoms with Crippen molar-refractivity contribution in [2.24, 2.45) is 0 Å². The molecule has 0 N–H and O–H groups in total. The largest absolute Gasteiger partial charge is 0.261 e. The lowest BCUT2D eigenvalue weighted by molar-refractivity contribution is 1.09. The van der Waals surface area contributed by atoms with E-state index < -0.39 is 0 Å². The first kappa shape index (κ1) is 14.7. The fourth-order valence-electron chi connectivity index (χ4n) is 0.542. The maximum absolute atomic E-state index is 4.08. The second kappa shape index (κ2) is 11.2. The van der Waals surface area contributed by atoms with Crippen molar-refractivity contribution in [3.8, 4) is 0 Å². The molecule has 0 saturated heterocycles. The SMILES string of the molecule is CC.CCC.Cc1ccc(C)nc1. The standard InChI is InChI=1S/C7H9N.C3H8.C2H6/c1-6-3-4-7(2)8-5-6;1-3-2;1-2/h3-5H,1-2H3;3H2,1-2H3;1-2H3. The third-order valence-electron chi connectivity index (χ3n) is 1.06. The molecule has 0 aromatic carbocycles. The Hall–Kier alpha value is -0.850. The number of aryl methyl sites for hydroxylation is 2. The molecular formula is C12H23N. The molecular weight excluding hydrogens is 158 g/mol. The summed E-state index contributed by atoms with van der Waals surface area (Å²) in [6, 6.07) is 4.07. The van der Waals surface area contributed by atoms with Crippen LogP contribution in [0.15, 0.2) is 18.3 Å². The van der Waals surface area contributed by atoms with Crippen LogP contribution in [0.25, 0.3) is 0 Å². The Morgan fingerprint density at radius 1 is 1.08 bits per heavy atom. The molecule has 1 nitrogen and oxygen atoms in total. The van der Waals surface area contributed by atoms with E-state index in [1.807, 2.05) is 40.0 Å².